The molecule has 1 aliphatic rings. The number of carbonyl (C=O) groups is 1. The molecule has 2 atom stereocenters. The topological polar surface area (TPSA) is 26.3 Å². The molecule has 0 aromatic rings. The number of rotatable bonds is 3. The van der Waals surface area contributed by atoms with Gasteiger partial charge in [-0.15, -0.1) is 0 Å². The van der Waals surface area contributed by atoms with Crippen LogP contribution in [0.3, 0.4) is 0 Å². The molecule has 1 fully saturated rings. The van der Waals surface area contributed by atoms with Crippen LogP contribution in [0.25, 0.3) is 0 Å². The Balaban J connectivity index is 2.29. The van der Waals surface area contributed by atoms with Gasteiger partial charge in [0.25, 0.3) is 0 Å². The average molecular weight is 184 g/mol. The second kappa shape index (κ2) is 5.25. The first-order valence-corrected chi connectivity index (χ1v) is 5.39. The van der Waals surface area contributed by atoms with Crippen LogP contribution < -0.4 is 0 Å². The molecule has 2 heteroatoms. The Morgan fingerprint density at radius 1 is 1.38 bits per heavy atom. The van der Waals surface area contributed by atoms with Crippen molar-refractivity contribution in [1.82, 2.24) is 0 Å². The third-order valence-electron chi connectivity index (χ3n) is 3.02. The first-order chi connectivity index (χ1) is 6.24. The second-order valence-electron chi connectivity index (χ2n) is 4.03. The summed E-state index contributed by atoms with van der Waals surface area (Å²) in [6.07, 6.45) is 5.74. The van der Waals surface area contributed by atoms with E-state index in [-0.39, 0.29) is 5.97 Å². The standard InChI is InChI=1S/C11H20O2/c1-3-13-11(12)8-10-7-5-4-6-9(10)2/h9-10H,3-8H2,1-2H3/t9-,10+/m0/s1. The monoisotopic (exact) mass is 184 g/mol. The normalized spacial score (nSPS) is 28.5. The van der Waals surface area contributed by atoms with Gasteiger partial charge in [-0.1, -0.05) is 26.2 Å². The molecule has 76 valence electrons. The molecular formula is C11H20O2. The van der Waals surface area contributed by atoms with Crippen LogP contribution in [0.15, 0.2) is 0 Å². The predicted octanol–water partition coefficient (Wildman–Crippen LogP) is 2.77. The summed E-state index contributed by atoms with van der Waals surface area (Å²) in [7, 11) is 0. The molecule has 0 spiro atoms. The van der Waals surface area contributed by atoms with Gasteiger partial charge >= 0.3 is 5.97 Å². The summed E-state index contributed by atoms with van der Waals surface area (Å²) in [4.78, 5) is 11.2. The van der Waals surface area contributed by atoms with Gasteiger partial charge in [-0.2, -0.15) is 0 Å². The Morgan fingerprint density at radius 3 is 2.69 bits per heavy atom. The van der Waals surface area contributed by atoms with Gasteiger partial charge in [0.15, 0.2) is 0 Å². The quantitative estimate of drug-likeness (QED) is 0.630. The highest BCUT2D eigenvalue weighted by Gasteiger charge is 2.23. The van der Waals surface area contributed by atoms with Crippen molar-refractivity contribution >= 4 is 5.97 Å². The SMILES string of the molecule is CCOC(=O)C[C@H]1CCCC[C@@H]1C. The van der Waals surface area contributed by atoms with E-state index in [1.165, 1.54) is 25.7 Å². The summed E-state index contributed by atoms with van der Waals surface area (Å²) in [6, 6.07) is 0. The van der Waals surface area contributed by atoms with Gasteiger partial charge in [-0.25, -0.2) is 0 Å². The van der Waals surface area contributed by atoms with Crippen molar-refractivity contribution < 1.29 is 9.53 Å². The van der Waals surface area contributed by atoms with Crippen LogP contribution in [0.4, 0.5) is 0 Å². The Labute approximate surface area is 80.7 Å². The van der Waals surface area contributed by atoms with Crippen LogP contribution in [0.1, 0.15) is 46.0 Å². The summed E-state index contributed by atoms with van der Waals surface area (Å²) in [6.45, 7) is 4.63. The van der Waals surface area contributed by atoms with E-state index >= 15 is 0 Å². The minimum atomic E-state index is -0.0127. The van der Waals surface area contributed by atoms with Gasteiger partial charge in [0, 0.05) is 6.42 Å². The first kappa shape index (κ1) is 10.6. The van der Waals surface area contributed by atoms with Crippen molar-refractivity contribution in [1.29, 1.82) is 0 Å². The number of carbonyl (C=O) groups excluding carboxylic acids is 1. The largest absolute Gasteiger partial charge is 0.466 e. The number of esters is 1. The molecule has 1 saturated carbocycles. The maximum atomic E-state index is 11.2. The molecule has 2 nitrogen and oxygen atoms in total. The van der Waals surface area contributed by atoms with Crippen molar-refractivity contribution in [2.75, 3.05) is 6.61 Å². The van der Waals surface area contributed by atoms with E-state index in [2.05, 4.69) is 6.92 Å². The molecule has 0 heterocycles. The van der Waals surface area contributed by atoms with Crippen molar-refractivity contribution in [2.24, 2.45) is 11.8 Å². The van der Waals surface area contributed by atoms with Crippen LogP contribution in [0.5, 0.6) is 0 Å². The molecule has 0 amide bonds. The summed E-state index contributed by atoms with van der Waals surface area (Å²) in [5.74, 6) is 1.27. The molecule has 0 aliphatic heterocycles. The summed E-state index contributed by atoms with van der Waals surface area (Å²) < 4.78 is 4.95. The molecule has 0 radical (unpaired) electrons. The average Bonchev–Trinajstić information content (AvgIpc) is 2.09. The Kier molecular flexibility index (Phi) is 4.26. The van der Waals surface area contributed by atoms with Crippen molar-refractivity contribution in [2.45, 2.75) is 46.0 Å². The van der Waals surface area contributed by atoms with E-state index in [9.17, 15) is 4.79 Å². The number of hydrogen-bond acceptors (Lipinski definition) is 2. The van der Waals surface area contributed by atoms with E-state index in [1.54, 1.807) is 0 Å². The summed E-state index contributed by atoms with van der Waals surface area (Å²) in [5.41, 5.74) is 0. The van der Waals surface area contributed by atoms with Crippen molar-refractivity contribution in [3.05, 3.63) is 0 Å². The molecule has 0 saturated heterocycles. The molecule has 0 aromatic carbocycles. The molecule has 0 bridgehead atoms. The fraction of sp³-hybridized carbons (Fsp3) is 0.909. The van der Waals surface area contributed by atoms with Crippen LogP contribution in [-0.4, -0.2) is 12.6 Å². The molecule has 1 rings (SSSR count). The smallest absolute Gasteiger partial charge is 0.306 e. The Bertz CT molecular complexity index is 165. The van der Waals surface area contributed by atoms with Crippen LogP contribution >= 0.6 is 0 Å². The van der Waals surface area contributed by atoms with E-state index in [0.29, 0.717) is 24.9 Å². The lowest BCUT2D eigenvalue weighted by Crippen LogP contribution is -2.21. The van der Waals surface area contributed by atoms with Gasteiger partial charge in [-0.05, 0) is 25.2 Å². The van der Waals surface area contributed by atoms with Crippen LogP contribution in [0, 0.1) is 11.8 Å². The number of ether oxygens (including phenoxy) is 1. The minimum Gasteiger partial charge on any atom is -0.466 e. The molecule has 1 aliphatic carbocycles. The zero-order valence-corrected chi connectivity index (χ0v) is 8.71. The van der Waals surface area contributed by atoms with E-state index < -0.39 is 0 Å². The maximum Gasteiger partial charge on any atom is 0.306 e. The summed E-state index contributed by atoms with van der Waals surface area (Å²) in [5, 5.41) is 0. The predicted molar refractivity (Wildman–Crippen MR) is 52.4 cm³/mol. The highest BCUT2D eigenvalue weighted by Crippen LogP contribution is 2.31. The van der Waals surface area contributed by atoms with E-state index in [0.717, 1.165) is 0 Å². The Hall–Kier alpha value is -0.530. The molecular weight excluding hydrogens is 164 g/mol. The van der Waals surface area contributed by atoms with Gasteiger partial charge in [-0.3, -0.25) is 4.79 Å². The van der Waals surface area contributed by atoms with Crippen molar-refractivity contribution in [3.63, 3.8) is 0 Å². The second-order valence-corrected chi connectivity index (χ2v) is 4.03. The highest BCUT2D eigenvalue weighted by molar-refractivity contribution is 5.69. The van der Waals surface area contributed by atoms with E-state index in [4.69, 9.17) is 4.74 Å². The lowest BCUT2D eigenvalue weighted by atomic mass is 9.79. The lowest BCUT2D eigenvalue weighted by molar-refractivity contribution is -0.144. The maximum absolute atomic E-state index is 11.2. The first-order valence-electron chi connectivity index (χ1n) is 5.39. The zero-order valence-electron chi connectivity index (χ0n) is 8.71. The van der Waals surface area contributed by atoms with Gasteiger partial charge in [0.2, 0.25) is 0 Å². The highest BCUT2D eigenvalue weighted by atomic mass is 16.5. The lowest BCUT2D eigenvalue weighted by Gasteiger charge is -2.27. The van der Waals surface area contributed by atoms with Gasteiger partial charge in [0.05, 0.1) is 6.61 Å². The fourth-order valence-corrected chi connectivity index (χ4v) is 2.13. The fourth-order valence-electron chi connectivity index (χ4n) is 2.13. The third-order valence-corrected chi connectivity index (χ3v) is 3.02. The number of hydrogen-bond donors (Lipinski definition) is 0. The van der Waals surface area contributed by atoms with Crippen LogP contribution in [-0.2, 0) is 9.53 Å². The minimum absolute atomic E-state index is 0.0127. The van der Waals surface area contributed by atoms with Gasteiger partial charge in [0.1, 0.15) is 0 Å². The zero-order chi connectivity index (χ0) is 9.68. The molecule has 13 heavy (non-hydrogen) atoms. The molecule has 0 N–H and O–H groups in total. The molecule has 0 aromatic heterocycles. The summed E-state index contributed by atoms with van der Waals surface area (Å²) >= 11 is 0. The van der Waals surface area contributed by atoms with Crippen molar-refractivity contribution in [3.8, 4) is 0 Å². The van der Waals surface area contributed by atoms with E-state index in [1.807, 2.05) is 6.92 Å². The molecule has 0 unspecified atom stereocenters. The van der Waals surface area contributed by atoms with Gasteiger partial charge < -0.3 is 4.74 Å². The Morgan fingerprint density at radius 2 is 2.08 bits per heavy atom. The van der Waals surface area contributed by atoms with Crippen LogP contribution in [0.2, 0.25) is 0 Å². The third kappa shape index (κ3) is 3.37.